The Morgan fingerprint density at radius 3 is 2.94 bits per heavy atom. The lowest BCUT2D eigenvalue weighted by Gasteiger charge is -2.10. The van der Waals surface area contributed by atoms with Crippen LogP contribution in [0.5, 0.6) is 0 Å². The van der Waals surface area contributed by atoms with Gasteiger partial charge in [0, 0.05) is 30.7 Å². The molecule has 9 heteroatoms. The van der Waals surface area contributed by atoms with E-state index in [9.17, 15) is 4.79 Å². The zero-order valence-corrected chi connectivity index (χ0v) is 18.2. The summed E-state index contributed by atoms with van der Waals surface area (Å²) in [5.74, 6) is 1.43. The van der Waals surface area contributed by atoms with Gasteiger partial charge in [0.1, 0.15) is 12.9 Å². The second-order valence-corrected chi connectivity index (χ2v) is 8.55. The van der Waals surface area contributed by atoms with Crippen LogP contribution in [0, 0.1) is 5.92 Å². The summed E-state index contributed by atoms with van der Waals surface area (Å²) in [7, 11) is 1.77. The molecule has 0 amide bonds. The van der Waals surface area contributed by atoms with Crippen molar-refractivity contribution in [2.24, 2.45) is 13.0 Å². The molecule has 4 heterocycles. The van der Waals surface area contributed by atoms with E-state index in [1.807, 2.05) is 18.5 Å². The summed E-state index contributed by atoms with van der Waals surface area (Å²) in [5.41, 5.74) is 3.14. The van der Waals surface area contributed by atoms with Crippen molar-refractivity contribution < 1.29 is 4.52 Å². The molecule has 2 atom stereocenters. The van der Waals surface area contributed by atoms with Crippen LogP contribution in [0.2, 0.25) is 0 Å². The average Bonchev–Trinajstić information content (AvgIpc) is 3.54. The quantitative estimate of drug-likeness (QED) is 0.423. The molecule has 0 spiro atoms. The van der Waals surface area contributed by atoms with Crippen molar-refractivity contribution >= 4 is 27.5 Å². The molecule has 9 nitrogen and oxygen atoms in total. The second kappa shape index (κ2) is 7.47. The molecular formula is C24H21N7O2. The Morgan fingerprint density at radius 2 is 2.03 bits per heavy atom. The summed E-state index contributed by atoms with van der Waals surface area (Å²) in [5, 5.41) is 6.54. The Hall–Kier alpha value is -4.14. The zero-order chi connectivity index (χ0) is 22.5. The number of aryl methyl sites for hydroxylation is 1. The highest BCUT2D eigenvalue weighted by Crippen LogP contribution is 2.41. The van der Waals surface area contributed by atoms with Crippen LogP contribution in [0.25, 0.3) is 27.5 Å². The van der Waals surface area contributed by atoms with Crippen LogP contribution in [0.1, 0.15) is 36.5 Å². The van der Waals surface area contributed by atoms with Crippen molar-refractivity contribution in [1.29, 1.82) is 0 Å². The molecule has 33 heavy (non-hydrogen) atoms. The lowest BCUT2D eigenvalue weighted by molar-refractivity contribution is 0.359. The molecule has 0 saturated carbocycles. The highest BCUT2D eigenvalue weighted by molar-refractivity contribution is 5.86. The fourth-order valence-corrected chi connectivity index (χ4v) is 4.56. The number of nitrogens with zero attached hydrogens (tertiary/aromatic N) is 7. The van der Waals surface area contributed by atoms with Crippen LogP contribution >= 0.6 is 0 Å². The number of rotatable bonds is 4. The molecule has 0 bridgehead atoms. The SMILES string of the molecule is C[C@@H]1C=C(c2ccc3ccncc3c2)C[C@@H]1c1noc(Cn2cnc3ncn(C)c3c2=O)n1. The normalized spacial score (nSPS) is 18.3. The van der Waals surface area contributed by atoms with Gasteiger partial charge in [0.05, 0.1) is 6.33 Å². The van der Waals surface area contributed by atoms with E-state index in [4.69, 9.17) is 4.52 Å². The maximum absolute atomic E-state index is 12.8. The maximum Gasteiger partial charge on any atom is 0.280 e. The van der Waals surface area contributed by atoms with E-state index in [1.165, 1.54) is 27.4 Å². The minimum Gasteiger partial charge on any atom is -0.337 e. The first-order valence-electron chi connectivity index (χ1n) is 10.8. The van der Waals surface area contributed by atoms with Gasteiger partial charge in [-0.25, -0.2) is 9.97 Å². The Morgan fingerprint density at radius 1 is 1.15 bits per heavy atom. The third-order valence-electron chi connectivity index (χ3n) is 6.37. The van der Waals surface area contributed by atoms with E-state index in [2.05, 4.69) is 56.3 Å². The minimum atomic E-state index is -0.191. The summed E-state index contributed by atoms with van der Waals surface area (Å²) in [6, 6.07) is 8.47. The van der Waals surface area contributed by atoms with Gasteiger partial charge in [-0.2, -0.15) is 4.98 Å². The number of benzene rings is 1. The summed E-state index contributed by atoms with van der Waals surface area (Å²) < 4.78 is 8.63. The van der Waals surface area contributed by atoms with Crippen LogP contribution in [0.4, 0.5) is 0 Å². The molecule has 0 aliphatic heterocycles. The molecule has 6 rings (SSSR count). The van der Waals surface area contributed by atoms with E-state index in [0.717, 1.165) is 11.8 Å². The monoisotopic (exact) mass is 439 g/mol. The number of hydrogen-bond donors (Lipinski definition) is 0. The standard InChI is InChI=1S/C24H21N7O2/c1-14-7-17(16-4-3-15-5-6-25-10-18(15)8-16)9-19(14)22-28-20(33-29-22)11-31-13-27-23-21(24(31)32)30(2)12-26-23/h3-8,10,12-14,19H,9,11H2,1-2H3/t14-,19+/m1/s1. The first-order chi connectivity index (χ1) is 16.1. The van der Waals surface area contributed by atoms with Crippen molar-refractivity contribution in [1.82, 2.24) is 34.2 Å². The van der Waals surface area contributed by atoms with Gasteiger partial charge in [-0.3, -0.25) is 14.3 Å². The molecule has 0 fully saturated rings. The van der Waals surface area contributed by atoms with Gasteiger partial charge in [-0.15, -0.1) is 0 Å². The van der Waals surface area contributed by atoms with Crippen molar-refractivity contribution in [3.8, 4) is 0 Å². The second-order valence-electron chi connectivity index (χ2n) is 8.55. The smallest absolute Gasteiger partial charge is 0.280 e. The molecule has 164 valence electrons. The number of hydrogen-bond acceptors (Lipinski definition) is 7. The van der Waals surface area contributed by atoms with Gasteiger partial charge in [-0.1, -0.05) is 30.3 Å². The topological polar surface area (TPSA) is 105 Å². The van der Waals surface area contributed by atoms with E-state index in [0.29, 0.717) is 22.9 Å². The molecule has 1 aliphatic carbocycles. The van der Waals surface area contributed by atoms with Gasteiger partial charge in [0.25, 0.3) is 5.56 Å². The Balaban J connectivity index is 1.23. The van der Waals surface area contributed by atoms with Crippen LogP contribution in [0.3, 0.4) is 0 Å². The van der Waals surface area contributed by atoms with E-state index in [1.54, 1.807) is 17.9 Å². The van der Waals surface area contributed by atoms with Gasteiger partial charge in [0.15, 0.2) is 17.0 Å². The number of fused-ring (bicyclic) bond motifs is 2. The van der Waals surface area contributed by atoms with E-state index >= 15 is 0 Å². The van der Waals surface area contributed by atoms with Gasteiger partial charge < -0.3 is 9.09 Å². The first kappa shape index (κ1) is 19.5. The van der Waals surface area contributed by atoms with Gasteiger partial charge >= 0.3 is 0 Å². The molecule has 5 aromatic rings. The summed E-state index contributed by atoms with van der Waals surface area (Å²) in [6.07, 6.45) is 9.85. The van der Waals surface area contributed by atoms with Crippen LogP contribution in [0.15, 0.2) is 64.7 Å². The Kier molecular flexibility index (Phi) is 4.42. The maximum atomic E-state index is 12.8. The molecular weight excluding hydrogens is 418 g/mol. The molecule has 1 aromatic carbocycles. The highest BCUT2D eigenvalue weighted by Gasteiger charge is 2.30. The molecule has 0 radical (unpaired) electrons. The summed E-state index contributed by atoms with van der Waals surface area (Å²) in [6.45, 7) is 2.33. The predicted molar refractivity (Wildman–Crippen MR) is 122 cm³/mol. The first-order valence-corrected chi connectivity index (χ1v) is 10.8. The van der Waals surface area contributed by atoms with Crippen LogP contribution in [-0.4, -0.2) is 34.2 Å². The summed E-state index contributed by atoms with van der Waals surface area (Å²) >= 11 is 0. The molecule has 1 aliphatic rings. The number of aromatic nitrogens is 7. The third kappa shape index (κ3) is 3.32. The molecule has 4 aromatic heterocycles. The van der Waals surface area contributed by atoms with Gasteiger partial charge in [-0.05, 0) is 41.0 Å². The Labute approximate surface area is 188 Å². The fraction of sp³-hybridized carbons (Fsp3) is 0.250. The fourth-order valence-electron chi connectivity index (χ4n) is 4.56. The van der Waals surface area contributed by atoms with Crippen molar-refractivity contribution in [2.75, 3.05) is 0 Å². The lowest BCUT2D eigenvalue weighted by atomic mass is 9.95. The van der Waals surface area contributed by atoms with Crippen LogP contribution < -0.4 is 5.56 Å². The third-order valence-corrected chi connectivity index (χ3v) is 6.37. The van der Waals surface area contributed by atoms with Crippen molar-refractivity contribution in [3.05, 3.63) is 83.0 Å². The molecule has 0 unspecified atom stereocenters. The lowest BCUT2D eigenvalue weighted by Crippen LogP contribution is -2.22. The molecule has 0 N–H and O–H groups in total. The Bertz CT molecular complexity index is 1590. The zero-order valence-electron chi connectivity index (χ0n) is 18.2. The number of pyridine rings is 1. The van der Waals surface area contributed by atoms with E-state index < -0.39 is 0 Å². The largest absolute Gasteiger partial charge is 0.337 e. The van der Waals surface area contributed by atoms with Crippen molar-refractivity contribution in [3.63, 3.8) is 0 Å². The highest BCUT2D eigenvalue weighted by atomic mass is 16.5. The van der Waals surface area contributed by atoms with Gasteiger partial charge in [0.2, 0.25) is 5.89 Å². The van der Waals surface area contributed by atoms with E-state index in [-0.39, 0.29) is 23.9 Å². The average molecular weight is 439 g/mol. The van der Waals surface area contributed by atoms with Crippen LogP contribution in [-0.2, 0) is 13.6 Å². The number of allylic oxidation sites excluding steroid dienone is 2. The minimum absolute atomic E-state index is 0.122. The van der Waals surface area contributed by atoms with Crippen molar-refractivity contribution in [2.45, 2.75) is 25.8 Å². The number of imidazole rings is 1. The molecule has 0 saturated heterocycles. The summed E-state index contributed by atoms with van der Waals surface area (Å²) in [4.78, 5) is 30.0. The predicted octanol–water partition coefficient (Wildman–Crippen LogP) is 3.32.